The number of hydrogen-bond acceptors (Lipinski definition) is 3. The van der Waals surface area contributed by atoms with Gasteiger partial charge in [0, 0.05) is 6.92 Å². The summed E-state index contributed by atoms with van der Waals surface area (Å²) in [5.74, 6) is -0.284. The second-order valence-electron chi connectivity index (χ2n) is 3.43. The van der Waals surface area contributed by atoms with Gasteiger partial charge in [-0.15, -0.1) is 0 Å². The maximum Gasteiger partial charge on any atom is 0.304 e. The topological polar surface area (TPSA) is 35.5 Å². The summed E-state index contributed by atoms with van der Waals surface area (Å²) in [7, 11) is 0. The standard InChI is InChI=1S/C11H22O3/c1-3-4-5-6-7-8-9-13-10-14-11(2)12/h3-10H2,1-2H3. The van der Waals surface area contributed by atoms with E-state index in [1.807, 2.05) is 0 Å². The Balaban J connectivity index is 2.88. The maximum absolute atomic E-state index is 10.3. The quantitative estimate of drug-likeness (QED) is 0.327. The van der Waals surface area contributed by atoms with Crippen molar-refractivity contribution in [3.63, 3.8) is 0 Å². The summed E-state index contributed by atoms with van der Waals surface area (Å²) in [6, 6.07) is 0. The predicted octanol–water partition coefficient (Wildman–Crippen LogP) is 2.88. The van der Waals surface area contributed by atoms with Crippen LogP contribution in [0.5, 0.6) is 0 Å². The van der Waals surface area contributed by atoms with Crippen molar-refractivity contribution in [2.45, 2.75) is 52.4 Å². The predicted molar refractivity (Wildman–Crippen MR) is 56.0 cm³/mol. The Hall–Kier alpha value is -0.570. The summed E-state index contributed by atoms with van der Waals surface area (Å²) in [4.78, 5) is 10.3. The van der Waals surface area contributed by atoms with Gasteiger partial charge in [0.15, 0.2) is 6.79 Å². The molecule has 0 aliphatic heterocycles. The van der Waals surface area contributed by atoms with Crippen molar-refractivity contribution in [3.05, 3.63) is 0 Å². The average Bonchev–Trinajstić information content (AvgIpc) is 2.15. The van der Waals surface area contributed by atoms with E-state index in [0.29, 0.717) is 6.61 Å². The molecule has 0 aliphatic carbocycles. The lowest BCUT2D eigenvalue weighted by atomic mass is 10.1. The molecule has 0 unspecified atom stereocenters. The van der Waals surface area contributed by atoms with E-state index < -0.39 is 0 Å². The highest BCUT2D eigenvalue weighted by atomic mass is 16.7. The zero-order chi connectivity index (χ0) is 10.6. The van der Waals surface area contributed by atoms with Gasteiger partial charge in [-0.3, -0.25) is 4.79 Å². The molecule has 0 fully saturated rings. The average molecular weight is 202 g/mol. The summed E-state index contributed by atoms with van der Waals surface area (Å²) in [6.45, 7) is 4.39. The molecule has 14 heavy (non-hydrogen) atoms. The Kier molecular flexibility index (Phi) is 10.1. The van der Waals surface area contributed by atoms with Gasteiger partial charge in [0.2, 0.25) is 0 Å². The maximum atomic E-state index is 10.3. The Morgan fingerprint density at radius 2 is 1.71 bits per heavy atom. The monoisotopic (exact) mass is 202 g/mol. The van der Waals surface area contributed by atoms with Gasteiger partial charge in [0.1, 0.15) is 0 Å². The van der Waals surface area contributed by atoms with Crippen LogP contribution in [0.3, 0.4) is 0 Å². The summed E-state index contributed by atoms with van der Waals surface area (Å²) in [5, 5.41) is 0. The molecule has 0 aromatic heterocycles. The second kappa shape index (κ2) is 10.5. The molecular formula is C11H22O3. The van der Waals surface area contributed by atoms with Gasteiger partial charge in [-0.1, -0.05) is 39.0 Å². The first-order chi connectivity index (χ1) is 6.77. The first-order valence-corrected chi connectivity index (χ1v) is 5.48. The fraction of sp³-hybridized carbons (Fsp3) is 0.909. The molecule has 0 atom stereocenters. The van der Waals surface area contributed by atoms with E-state index in [9.17, 15) is 4.79 Å². The van der Waals surface area contributed by atoms with Gasteiger partial charge in [-0.2, -0.15) is 0 Å². The summed E-state index contributed by atoms with van der Waals surface area (Å²) in [6.07, 6.45) is 7.48. The van der Waals surface area contributed by atoms with Crippen LogP contribution in [0.25, 0.3) is 0 Å². The first-order valence-electron chi connectivity index (χ1n) is 5.48. The minimum atomic E-state index is -0.284. The van der Waals surface area contributed by atoms with Crippen LogP contribution in [0.4, 0.5) is 0 Å². The third-order valence-corrected chi connectivity index (χ3v) is 1.99. The third-order valence-electron chi connectivity index (χ3n) is 1.99. The van der Waals surface area contributed by atoms with Crippen LogP contribution in [0, 0.1) is 0 Å². The van der Waals surface area contributed by atoms with Crippen molar-refractivity contribution in [3.8, 4) is 0 Å². The molecule has 3 nitrogen and oxygen atoms in total. The second-order valence-corrected chi connectivity index (χ2v) is 3.43. The normalized spacial score (nSPS) is 10.1. The van der Waals surface area contributed by atoms with Crippen molar-refractivity contribution >= 4 is 5.97 Å². The van der Waals surface area contributed by atoms with Gasteiger partial charge in [-0.25, -0.2) is 0 Å². The fourth-order valence-electron chi connectivity index (χ4n) is 1.17. The van der Waals surface area contributed by atoms with Gasteiger partial charge in [0.25, 0.3) is 0 Å². The van der Waals surface area contributed by atoms with Crippen molar-refractivity contribution in [1.29, 1.82) is 0 Å². The highest BCUT2D eigenvalue weighted by Crippen LogP contribution is 2.04. The Morgan fingerprint density at radius 1 is 1.07 bits per heavy atom. The molecule has 0 aromatic carbocycles. The van der Waals surface area contributed by atoms with Crippen LogP contribution in [0.2, 0.25) is 0 Å². The number of unbranched alkanes of at least 4 members (excludes halogenated alkanes) is 5. The number of ether oxygens (including phenoxy) is 2. The molecule has 84 valence electrons. The lowest BCUT2D eigenvalue weighted by Gasteiger charge is -2.03. The van der Waals surface area contributed by atoms with Crippen LogP contribution in [-0.4, -0.2) is 19.4 Å². The van der Waals surface area contributed by atoms with E-state index in [1.165, 1.54) is 39.0 Å². The zero-order valence-corrected chi connectivity index (χ0v) is 9.38. The van der Waals surface area contributed by atoms with Crippen LogP contribution in [-0.2, 0) is 14.3 Å². The van der Waals surface area contributed by atoms with Crippen LogP contribution in [0.15, 0.2) is 0 Å². The van der Waals surface area contributed by atoms with E-state index in [0.717, 1.165) is 6.42 Å². The summed E-state index contributed by atoms with van der Waals surface area (Å²) in [5.41, 5.74) is 0. The summed E-state index contributed by atoms with van der Waals surface area (Å²) < 4.78 is 9.73. The number of rotatable bonds is 9. The minimum absolute atomic E-state index is 0.101. The molecule has 0 rings (SSSR count). The number of hydrogen-bond donors (Lipinski definition) is 0. The van der Waals surface area contributed by atoms with Crippen molar-refractivity contribution < 1.29 is 14.3 Å². The Labute approximate surface area is 86.8 Å². The summed E-state index contributed by atoms with van der Waals surface area (Å²) >= 11 is 0. The van der Waals surface area contributed by atoms with E-state index in [2.05, 4.69) is 11.7 Å². The van der Waals surface area contributed by atoms with Crippen LogP contribution < -0.4 is 0 Å². The molecule has 0 saturated heterocycles. The van der Waals surface area contributed by atoms with Crippen LogP contribution in [0.1, 0.15) is 52.4 Å². The largest absolute Gasteiger partial charge is 0.439 e. The van der Waals surface area contributed by atoms with E-state index in [-0.39, 0.29) is 12.8 Å². The van der Waals surface area contributed by atoms with Crippen molar-refractivity contribution in [2.75, 3.05) is 13.4 Å². The number of esters is 1. The van der Waals surface area contributed by atoms with E-state index in [1.54, 1.807) is 0 Å². The SMILES string of the molecule is CCCCCCCCOCOC(C)=O. The highest BCUT2D eigenvalue weighted by molar-refractivity contribution is 5.65. The number of carbonyl (C=O) groups is 1. The Bertz CT molecular complexity index is 134. The smallest absolute Gasteiger partial charge is 0.304 e. The van der Waals surface area contributed by atoms with Crippen LogP contribution >= 0.6 is 0 Å². The Morgan fingerprint density at radius 3 is 2.36 bits per heavy atom. The molecule has 0 aliphatic rings. The highest BCUT2D eigenvalue weighted by Gasteiger charge is 1.93. The molecule has 0 aromatic rings. The van der Waals surface area contributed by atoms with E-state index >= 15 is 0 Å². The lowest BCUT2D eigenvalue weighted by Crippen LogP contribution is -2.05. The van der Waals surface area contributed by atoms with Gasteiger partial charge in [0.05, 0.1) is 6.61 Å². The molecule has 0 amide bonds. The van der Waals surface area contributed by atoms with Gasteiger partial charge in [-0.05, 0) is 6.42 Å². The molecule has 0 heterocycles. The molecule has 0 bridgehead atoms. The number of carbonyl (C=O) groups excluding carboxylic acids is 1. The van der Waals surface area contributed by atoms with Gasteiger partial charge >= 0.3 is 5.97 Å². The minimum Gasteiger partial charge on any atom is -0.439 e. The molecule has 0 saturated carbocycles. The van der Waals surface area contributed by atoms with Gasteiger partial charge < -0.3 is 9.47 Å². The molecule has 0 spiro atoms. The third kappa shape index (κ3) is 11.4. The fourth-order valence-corrected chi connectivity index (χ4v) is 1.17. The van der Waals surface area contributed by atoms with Crippen molar-refractivity contribution in [1.82, 2.24) is 0 Å². The molecular weight excluding hydrogens is 180 g/mol. The molecule has 0 N–H and O–H groups in total. The lowest BCUT2D eigenvalue weighted by molar-refractivity contribution is -0.153. The molecule has 0 radical (unpaired) electrons. The van der Waals surface area contributed by atoms with Crippen molar-refractivity contribution in [2.24, 2.45) is 0 Å². The zero-order valence-electron chi connectivity index (χ0n) is 9.38. The van der Waals surface area contributed by atoms with E-state index in [4.69, 9.17) is 4.74 Å². The first kappa shape index (κ1) is 13.4. The molecule has 3 heteroatoms.